The van der Waals surface area contributed by atoms with Crippen molar-refractivity contribution < 1.29 is 14.0 Å². The van der Waals surface area contributed by atoms with Gasteiger partial charge in [-0.05, 0) is 69.9 Å². The van der Waals surface area contributed by atoms with E-state index in [2.05, 4.69) is 19.2 Å². The molecular formula is C23H29N3O3. The predicted octanol–water partition coefficient (Wildman–Crippen LogP) is 3.65. The van der Waals surface area contributed by atoms with E-state index in [4.69, 9.17) is 4.42 Å². The van der Waals surface area contributed by atoms with Crippen molar-refractivity contribution >= 4 is 17.9 Å². The lowest BCUT2D eigenvalue weighted by Gasteiger charge is -2.39. The molecule has 6 nitrogen and oxygen atoms in total. The van der Waals surface area contributed by atoms with Gasteiger partial charge in [-0.2, -0.15) is 5.26 Å². The van der Waals surface area contributed by atoms with E-state index >= 15 is 0 Å². The Morgan fingerprint density at radius 2 is 2.10 bits per heavy atom. The van der Waals surface area contributed by atoms with Crippen LogP contribution in [-0.4, -0.2) is 34.8 Å². The maximum absolute atomic E-state index is 13.3. The van der Waals surface area contributed by atoms with Gasteiger partial charge in [-0.25, -0.2) is 0 Å². The van der Waals surface area contributed by atoms with Crippen LogP contribution in [0.5, 0.6) is 0 Å². The summed E-state index contributed by atoms with van der Waals surface area (Å²) in [6.07, 6.45) is 12.2. The fourth-order valence-electron chi connectivity index (χ4n) is 5.44. The van der Waals surface area contributed by atoms with Crippen LogP contribution in [0.25, 0.3) is 6.08 Å². The molecule has 1 aromatic rings. The van der Waals surface area contributed by atoms with Gasteiger partial charge in [0.2, 0.25) is 5.91 Å². The van der Waals surface area contributed by atoms with E-state index in [0.29, 0.717) is 23.9 Å². The maximum Gasteiger partial charge on any atom is 0.262 e. The van der Waals surface area contributed by atoms with Crippen molar-refractivity contribution in [3.8, 4) is 6.07 Å². The quantitative estimate of drug-likeness (QED) is 0.623. The Balaban J connectivity index is 1.40. The Labute approximate surface area is 171 Å². The lowest BCUT2D eigenvalue weighted by Crippen LogP contribution is -2.46. The van der Waals surface area contributed by atoms with Gasteiger partial charge in [-0.3, -0.25) is 9.59 Å². The summed E-state index contributed by atoms with van der Waals surface area (Å²) in [5.41, 5.74) is 0.853. The van der Waals surface area contributed by atoms with Crippen LogP contribution >= 0.6 is 0 Å². The molecule has 0 radical (unpaired) electrons. The lowest BCUT2D eigenvalue weighted by atomic mass is 9.67. The fraction of sp³-hybridized carbons (Fsp3) is 0.609. The summed E-state index contributed by atoms with van der Waals surface area (Å²) < 4.78 is 4.99. The molecule has 3 fully saturated rings. The van der Waals surface area contributed by atoms with Crippen LogP contribution in [0.15, 0.2) is 28.6 Å². The van der Waals surface area contributed by atoms with Crippen LogP contribution < -0.4 is 5.32 Å². The molecule has 1 spiro atoms. The highest BCUT2D eigenvalue weighted by Gasteiger charge is 2.49. The number of nitriles is 1. The van der Waals surface area contributed by atoms with Gasteiger partial charge in [0.05, 0.1) is 12.5 Å². The van der Waals surface area contributed by atoms with Crippen LogP contribution in [0.2, 0.25) is 0 Å². The Morgan fingerprint density at radius 3 is 2.69 bits per heavy atom. The smallest absolute Gasteiger partial charge is 0.262 e. The first-order chi connectivity index (χ1) is 13.8. The molecular weight excluding hydrogens is 366 g/mol. The molecule has 2 aliphatic carbocycles. The highest BCUT2D eigenvalue weighted by Crippen LogP contribution is 2.55. The number of likely N-dealkylation sites (tertiary alicyclic amines) is 1. The summed E-state index contributed by atoms with van der Waals surface area (Å²) in [6.45, 7) is 4.64. The van der Waals surface area contributed by atoms with Gasteiger partial charge in [0.15, 0.2) is 0 Å². The summed E-state index contributed by atoms with van der Waals surface area (Å²) in [6, 6.07) is 3.51. The number of rotatable bonds is 4. The molecule has 6 heteroatoms. The van der Waals surface area contributed by atoms with Crippen LogP contribution in [0.1, 0.15) is 64.4 Å². The SMILES string of the molecule is CC1(C)CC(NC(=O)/C(C#N)=C\c2ccoc2)CN1C(=O)C1CCC2(CCC2)C1. The minimum atomic E-state index is -0.405. The lowest BCUT2D eigenvalue weighted by molar-refractivity contribution is -0.139. The monoisotopic (exact) mass is 395 g/mol. The normalized spacial score (nSPS) is 27.5. The third-order valence-corrected chi connectivity index (χ3v) is 7.17. The van der Waals surface area contributed by atoms with E-state index in [1.165, 1.54) is 44.3 Å². The summed E-state index contributed by atoms with van der Waals surface area (Å²) in [5, 5.41) is 12.3. The third kappa shape index (κ3) is 3.83. The standard InChI is InChI=1S/C23H29N3O3/c1-22(2)12-19(25-20(27)18(13-24)10-16-5-9-29-15-16)14-26(22)21(28)17-4-8-23(11-17)6-3-7-23/h5,9-10,15,17,19H,3-4,6-8,11-12,14H2,1-2H3,(H,25,27)/b18-10-. The second kappa shape index (κ2) is 7.37. The Bertz CT molecular complexity index is 858. The van der Waals surface area contributed by atoms with E-state index in [9.17, 15) is 14.9 Å². The molecule has 154 valence electrons. The zero-order valence-electron chi connectivity index (χ0n) is 17.2. The second-order valence-corrected chi connectivity index (χ2v) is 9.66. The first-order valence-corrected chi connectivity index (χ1v) is 10.6. The average molecular weight is 396 g/mol. The minimum absolute atomic E-state index is 0.0386. The summed E-state index contributed by atoms with van der Waals surface area (Å²) >= 11 is 0. The first kappa shape index (κ1) is 19.8. The zero-order valence-corrected chi connectivity index (χ0v) is 17.2. The molecule has 2 unspecified atom stereocenters. The molecule has 1 aliphatic heterocycles. The third-order valence-electron chi connectivity index (χ3n) is 7.17. The molecule has 2 heterocycles. The molecule has 0 bridgehead atoms. The van der Waals surface area contributed by atoms with Gasteiger partial charge >= 0.3 is 0 Å². The molecule has 1 N–H and O–H groups in total. The highest BCUT2D eigenvalue weighted by molar-refractivity contribution is 6.01. The Kier molecular flexibility index (Phi) is 5.02. The molecule has 0 aromatic carbocycles. The summed E-state index contributed by atoms with van der Waals surface area (Å²) in [4.78, 5) is 27.8. The number of nitrogens with one attached hydrogen (secondary N) is 1. The van der Waals surface area contributed by atoms with Crippen molar-refractivity contribution in [3.05, 3.63) is 29.7 Å². The molecule has 2 saturated carbocycles. The number of hydrogen-bond donors (Lipinski definition) is 1. The summed E-state index contributed by atoms with van der Waals surface area (Å²) in [7, 11) is 0. The van der Waals surface area contributed by atoms with Crippen molar-refractivity contribution in [1.29, 1.82) is 5.26 Å². The first-order valence-electron chi connectivity index (χ1n) is 10.6. The highest BCUT2D eigenvalue weighted by atomic mass is 16.3. The molecule has 29 heavy (non-hydrogen) atoms. The topological polar surface area (TPSA) is 86.3 Å². The van der Waals surface area contributed by atoms with E-state index < -0.39 is 5.91 Å². The Morgan fingerprint density at radius 1 is 1.31 bits per heavy atom. The number of carbonyl (C=O) groups excluding carboxylic acids is 2. The molecule has 1 saturated heterocycles. The van der Waals surface area contributed by atoms with Gasteiger partial charge in [0.1, 0.15) is 11.6 Å². The minimum Gasteiger partial charge on any atom is -0.472 e. The summed E-state index contributed by atoms with van der Waals surface area (Å²) in [5.74, 6) is -0.0391. The Hall–Kier alpha value is -2.55. The van der Waals surface area contributed by atoms with Crippen molar-refractivity contribution in [2.24, 2.45) is 11.3 Å². The zero-order chi connectivity index (χ0) is 20.6. The van der Waals surface area contributed by atoms with Crippen molar-refractivity contribution in [2.45, 2.75) is 70.4 Å². The molecule has 2 atom stereocenters. The number of hydrogen-bond acceptors (Lipinski definition) is 4. The number of furan rings is 1. The van der Waals surface area contributed by atoms with E-state index in [0.717, 1.165) is 12.8 Å². The predicted molar refractivity (Wildman–Crippen MR) is 108 cm³/mol. The second-order valence-electron chi connectivity index (χ2n) is 9.66. The number of carbonyl (C=O) groups is 2. The van der Waals surface area contributed by atoms with Crippen LogP contribution in [0.3, 0.4) is 0 Å². The van der Waals surface area contributed by atoms with E-state index in [-0.39, 0.29) is 29.0 Å². The maximum atomic E-state index is 13.3. The van der Waals surface area contributed by atoms with Crippen LogP contribution in [0, 0.1) is 22.7 Å². The van der Waals surface area contributed by atoms with E-state index in [1.54, 1.807) is 6.07 Å². The average Bonchev–Trinajstić information content (AvgIpc) is 3.37. The molecule has 3 aliphatic rings. The molecule has 4 rings (SSSR count). The van der Waals surface area contributed by atoms with E-state index in [1.807, 2.05) is 11.0 Å². The number of nitrogens with zero attached hydrogens (tertiary/aromatic N) is 2. The van der Waals surface area contributed by atoms with Crippen LogP contribution in [-0.2, 0) is 9.59 Å². The van der Waals surface area contributed by atoms with Crippen molar-refractivity contribution in [3.63, 3.8) is 0 Å². The van der Waals surface area contributed by atoms with Crippen LogP contribution in [0.4, 0.5) is 0 Å². The number of amides is 2. The fourth-order valence-corrected chi connectivity index (χ4v) is 5.44. The van der Waals surface area contributed by atoms with Crippen molar-refractivity contribution in [2.75, 3.05) is 6.54 Å². The van der Waals surface area contributed by atoms with Gasteiger partial charge in [0.25, 0.3) is 5.91 Å². The van der Waals surface area contributed by atoms with Gasteiger partial charge < -0.3 is 14.6 Å². The van der Waals surface area contributed by atoms with Gasteiger partial charge in [-0.1, -0.05) is 6.42 Å². The largest absolute Gasteiger partial charge is 0.472 e. The van der Waals surface area contributed by atoms with Crippen molar-refractivity contribution in [1.82, 2.24) is 10.2 Å². The van der Waals surface area contributed by atoms with Gasteiger partial charge in [0, 0.05) is 29.6 Å². The molecule has 2 amide bonds. The molecule has 1 aromatic heterocycles. The van der Waals surface area contributed by atoms with Gasteiger partial charge in [-0.15, -0.1) is 0 Å².